The van der Waals surface area contributed by atoms with Crippen LogP contribution >= 0.6 is 0 Å². The first-order valence-corrected chi connectivity index (χ1v) is 6.97. The Labute approximate surface area is 110 Å². The summed E-state index contributed by atoms with van der Waals surface area (Å²) in [4.78, 5) is 0. The van der Waals surface area contributed by atoms with Crippen molar-refractivity contribution >= 4 is 5.69 Å². The molecule has 1 saturated carbocycles. The lowest BCUT2D eigenvalue weighted by Gasteiger charge is -2.28. The van der Waals surface area contributed by atoms with E-state index in [4.69, 9.17) is 0 Å². The van der Waals surface area contributed by atoms with E-state index in [2.05, 4.69) is 49.5 Å². The Morgan fingerprint density at radius 1 is 1.28 bits per heavy atom. The largest absolute Gasteiger partial charge is 0.381 e. The molecule has 0 saturated heterocycles. The van der Waals surface area contributed by atoms with Crippen LogP contribution in [0.3, 0.4) is 0 Å². The topological polar surface area (TPSA) is 35.8 Å². The smallest absolute Gasteiger partial charge is 0.0677 e. The first-order valence-electron chi connectivity index (χ1n) is 6.97. The van der Waals surface area contributed by atoms with Gasteiger partial charge in [-0.15, -0.1) is 0 Å². The quantitative estimate of drug-likeness (QED) is 0.857. The lowest BCUT2D eigenvalue weighted by Crippen LogP contribution is -2.31. The van der Waals surface area contributed by atoms with Crippen molar-refractivity contribution in [3.8, 4) is 6.07 Å². The monoisotopic (exact) mass is 242 g/mol. The highest BCUT2D eigenvalue weighted by Crippen LogP contribution is 2.27. The van der Waals surface area contributed by atoms with E-state index in [1.165, 1.54) is 18.4 Å². The molecule has 0 spiro atoms. The molecule has 2 atom stereocenters. The van der Waals surface area contributed by atoms with Gasteiger partial charge in [-0.2, -0.15) is 5.26 Å². The molecule has 2 rings (SSSR count). The Morgan fingerprint density at radius 3 is 2.78 bits per heavy atom. The lowest BCUT2D eigenvalue weighted by molar-refractivity contribution is 0.389. The van der Waals surface area contributed by atoms with Gasteiger partial charge < -0.3 is 5.32 Å². The summed E-state index contributed by atoms with van der Waals surface area (Å²) in [7, 11) is 0. The Hall–Kier alpha value is -1.49. The fourth-order valence-corrected chi connectivity index (χ4v) is 2.66. The zero-order chi connectivity index (χ0) is 13.0. The molecule has 1 fully saturated rings. The minimum atomic E-state index is 0.168. The van der Waals surface area contributed by atoms with Crippen molar-refractivity contribution in [3.63, 3.8) is 0 Å². The van der Waals surface area contributed by atoms with E-state index in [-0.39, 0.29) is 5.92 Å². The first-order chi connectivity index (χ1) is 8.70. The van der Waals surface area contributed by atoms with Crippen LogP contribution in [-0.2, 0) is 0 Å². The fraction of sp³-hybridized carbons (Fsp3) is 0.562. The second kappa shape index (κ2) is 5.91. The molecule has 1 aliphatic carbocycles. The SMILES string of the molecule is CC(C)c1cccc(NC2CCCCC2C#N)c1. The minimum absolute atomic E-state index is 0.168. The molecule has 1 aliphatic rings. The third kappa shape index (κ3) is 3.04. The fourth-order valence-electron chi connectivity index (χ4n) is 2.66. The Kier molecular flexibility index (Phi) is 4.25. The number of rotatable bonds is 3. The maximum absolute atomic E-state index is 9.19. The maximum Gasteiger partial charge on any atom is 0.0677 e. The molecule has 1 aromatic carbocycles. The van der Waals surface area contributed by atoms with E-state index in [9.17, 15) is 5.26 Å². The highest BCUT2D eigenvalue weighted by molar-refractivity contribution is 5.47. The van der Waals surface area contributed by atoms with Gasteiger partial charge in [-0.3, -0.25) is 0 Å². The van der Waals surface area contributed by atoms with E-state index in [0.29, 0.717) is 12.0 Å². The van der Waals surface area contributed by atoms with Gasteiger partial charge in [-0.1, -0.05) is 38.8 Å². The van der Waals surface area contributed by atoms with Gasteiger partial charge in [0, 0.05) is 11.7 Å². The van der Waals surface area contributed by atoms with Crippen LogP contribution in [0.1, 0.15) is 51.0 Å². The van der Waals surface area contributed by atoms with Gasteiger partial charge in [0.05, 0.1) is 12.0 Å². The summed E-state index contributed by atoms with van der Waals surface area (Å²) in [5.74, 6) is 0.714. The number of hydrogen-bond acceptors (Lipinski definition) is 2. The van der Waals surface area contributed by atoms with Gasteiger partial charge >= 0.3 is 0 Å². The average molecular weight is 242 g/mol. The molecule has 2 nitrogen and oxygen atoms in total. The van der Waals surface area contributed by atoms with Crippen molar-refractivity contribution < 1.29 is 0 Å². The van der Waals surface area contributed by atoms with Gasteiger partial charge in [-0.25, -0.2) is 0 Å². The normalized spacial score (nSPS) is 23.7. The van der Waals surface area contributed by atoms with E-state index in [1.807, 2.05) is 0 Å². The summed E-state index contributed by atoms with van der Waals surface area (Å²) in [6, 6.07) is 11.4. The molecule has 1 N–H and O–H groups in total. The number of hydrogen-bond donors (Lipinski definition) is 1. The Bertz CT molecular complexity index is 431. The van der Waals surface area contributed by atoms with Crippen molar-refractivity contribution in [3.05, 3.63) is 29.8 Å². The molecule has 0 radical (unpaired) electrons. The van der Waals surface area contributed by atoms with Gasteiger partial charge in [0.25, 0.3) is 0 Å². The van der Waals surface area contributed by atoms with Crippen molar-refractivity contribution in [2.24, 2.45) is 5.92 Å². The Morgan fingerprint density at radius 2 is 2.06 bits per heavy atom. The first kappa shape index (κ1) is 13.0. The molecule has 0 bridgehead atoms. The van der Waals surface area contributed by atoms with Crippen LogP contribution in [0.5, 0.6) is 0 Å². The zero-order valence-electron chi connectivity index (χ0n) is 11.3. The number of benzene rings is 1. The van der Waals surface area contributed by atoms with Gasteiger partial charge in [0.2, 0.25) is 0 Å². The highest BCUT2D eigenvalue weighted by Gasteiger charge is 2.24. The van der Waals surface area contributed by atoms with Gasteiger partial charge in [0.1, 0.15) is 0 Å². The van der Waals surface area contributed by atoms with Crippen LogP contribution in [0.4, 0.5) is 5.69 Å². The summed E-state index contributed by atoms with van der Waals surface area (Å²) >= 11 is 0. The molecular weight excluding hydrogens is 220 g/mol. The molecule has 96 valence electrons. The second-order valence-electron chi connectivity index (χ2n) is 5.55. The molecule has 0 amide bonds. The average Bonchev–Trinajstić information content (AvgIpc) is 2.39. The molecule has 0 heterocycles. The summed E-state index contributed by atoms with van der Waals surface area (Å²) < 4.78 is 0. The van der Waals surface area contributed by atoms with Crippen LogP contribution in [0.2, 0.25) is 0 Å². The third-order valence-electron chi connectivity index (χ3n) is 3.84. The van der Waals surface area contributed by atoms with Gasteiger partial charge in [-0.05, 0) is 36.5 Å². The highest BCUT2D eigenvalue weighted by atomic mass is 14.9. The standard InChI is InChI=1S/C16H22N2/c1-12(2)13-7-5-8-15(10-13)18-16-9-4-3-6-14(16)11-17/h5,7-8,10,12,14,16,18H,3-4,6,9H2,1-2H3. The third-order valence-corrected chi connectivity index (χ3v) is 3.84. The number of nitrogens with one attached hydrogen (secondary N) is 1. The van der Waals surface area contributed by atoms with E-state index in [0.717, 1.165) is 18.5 Å². The van der Waals surface area contributed by atoms with Crippen LogP contribution < -0.4 is 5.32 Å². The summed E-state index contributed by atoms with van der Waals surface area (Å²) in [5, 5.41) is 12.7. The summed E-state index contributed by atoms with van der Waals surface area (Å²) in [5.41, 5.74) is 2.51. The minimum Gasteiger partial charge on any atom is -0.381 e. The predicted octanol–water partition coefficient (Wildman–Crippen LogP) is 4.30. The molecule has 18 heavy (non-hydrogen) atoms. The summed E-state index contributed by atoms with van der Waals surface area (Å²) in [6.07, 6.45) is 4.59. The van der Waals surface area contributed by atoms with Crippen LogP contribution in [-0.4, -0.2) is 6.04 Å². The van der Waals surface area contributed by atoms with Crippen molar-refractivity contribution in [1.29, 1.82) is 5.26 Å². The number of nitriles is 1. The molecular formula is C16H22N2. The Balaban J connectivity index is 2.08. The van der Waals surface area contributed by atoms with E-state index in [1.54, 1.807) is 0 Å². The molecule has 0 aliphatic heterocycles. The van der Waals surface area contributed by atoms with Gasteiger partial charge in [0.15, 0.2) is 0 Å². The summed E-state index contributed by atoms with van der Waals surface area (Å²) in [6.45, 7) is 4.41. The maximum atomic E-state index is 9.19. The predicted molar refractivity (Wildman–Crippen MR) is 75.5 cm³/mol. The van der Waals surface area contributed by atoms with Crippen LogP contribution in [0.25, 0.3) is 0 Å². The van der Waals surface area contributed by atoms with E-state index >= 15 is 0 Å². The lowest BCUT2D eigenvalue weighted by atomic mass is 9.85. The van der Waals surface area contributed by atoms with Crippen LogP contribution in [0, 0.1) is 17.2 Å². The molecule has 0 aromatic heterocycles. The second-order valence-corrected chi connectivity index (χ2v) is 5.55. The molecule has 1 aromatic rings. The number of nitrogens with zero attached hydrogens (tertiary/aromatic N) is 1. The molecule has 2 unspecified atom stereocenters. The van der Waals surface area contributed by atoms with E-state index < -0.39 is 0 Å². The van der Waals surface area contributed by atoms with Crippen LogP contribution in [0.15, 0.2) is 24.3 Å². The van der Waals surface area contributed by atoms with Crippen molar-refractivity contribution in [2.45, 2.75) is 51.5 Å². The van der Waals surface area contributed by atoms with Crippen molar-refractivity contribution in [2.75, 3.05) is 5.32 Å². The van der Waals surface area contributed by atoms with Crippen molar-refractivity contribution in [1.82, 2.24) is 0 Å². The zero-order valence-corrected chi connectivity index (χ0v) is 11.3. The molecule has 2 heteroatoms. The number of anilines is 1.